The van der Waals surface area contributed by atoms with Crippen LogP contribution in [0.3, 0.4) is 0 Å². The predicted molar refractivity (Wildman–Crippen MR) is 90.3 cm³/mol. The smallest absolute Gasteiger partial charge is 0.417 e. The zero-order valence-corrected chi connectivity index (χ0v) is 15.3. The number of carbonyl (C=O) groups excluding carboxylic acids is 1. The molecule has 0 saturated carbocycles. The average Bonchev–Trinajstić information content (AvgIpc) is 3.24. The van der Waals surface area contributed by atoms with E-state index in [-0.39, 0.29) is 17.7 Å². The molecule has 0 aliphatic rings. The molecule has 148 valence electrons. The van der Waals surface area contributed by atoms with Crippen LogP contribution in [0.5, 0.6) is 0 Å². The lowest BCUT2D eigenvalue weighted by atomic mass is 10.2. The summed E-state index contributed by atoms with van der Waals surface area (Å²) < 4.78 is 83.3. The van der Waals surface area contributed by atoms with Crippen molar-refractivity contribution in [1.82, 2.24) is 9.71 Å². The van der Waals surface area contributed by atoms with Gasteiger partial charge in [0.05, 0.1) is 27.5 Å². The van der Waals surface area contributed by atoms with Gasteiger partial charge in [-0.2, -0.15) is 13.2 Å². The van der Waals surface area contributed by atoms with E-state index in [0.29, 0.717) is 17.0 Å². The van der Waals surface area contributed by atoms with Gasteiger partial charge in [0.15, 0.2) is 0 Å². The average molecular weight is 434 g/mol. The third-order valence-corrected chi connectivity index (χ3v) is 5.70. The van der Waals surface area contributed by atoms with Gasteiger partial charge in [-0.25, -0.2) is 22.5 Å². The summed E-state index contributed by atoms with van der Waals surface area (Å²) in [7, 11) is -4.89. The number of thiophene rings is 1. The van der Waals surface area contributed by atoms with Crippen molar-refractivity contribution < 1.29 is 35.2 Å². The van der Waals surface area contributed by atoms with Gasteiger partial charge in [0.25, 0.3) is 10.0 Å². The quantitative estimate of drug-likeness (QED) is 0.620. The van der Waals surface area contributed by atoms with Crippen LogP contribution in [0.15, 0.2) is 51.3 Å². The number of nitrogens with one attached hydrogen (secondary N) is 1. The minimum atomic E-state index is -5.13. The van der Waals surface area contributed by atoms with E-state index < -0.39 is 44.8 Å². The summed E-state index contributed by atoms with van der Waals surface area (Å²) in [6.07, 6.45) is -4.53. The molecule has 3 aromatic rings. The lowest BCUT2D eigenvalue weighted by Crippen LogP contribution is -2.33. The molecule has 0 atom stereocenters. The highest BCUT2D eigenvalue weighted by Gasteiger charge is 2.38. The Labute approximate surface area is 159 Å². The molecule has 0 aliphatic carbocycles. The van der Waals surface area contributed by atoms with Crippen molar-refractivity contribution in [2.45, 2.75) is 17.5 Å². The first-order valence-electron chi connectivity index (χ1n) is 7.47. The molecular weight excluding hydrogens is 424 g/mol. The maximum Gasteiger partial charge on any atom is 0.417 e. The number of amides is 1. The molecule has 6 nitrogen and oxygen atoms in total. The Balaban J connectivity index is 1.79. The van der Waals surface area contributed by atoms with Crippen molar-refractivity contribution in [2.24, 2.45) is 0 Å². The normalized spacial score (nSPS) is 12.1. The molecule has 2 heterocycles. The van der Waals surface area contributed by atoms with Gasteiger partial charge < -0.3 is 4.42 Å². The standard InChI is InChI=1S/C16H10F4N2O4S2/c17-9-3-4-13(11(6-9)16(18,19)20)28(24,25)22-14(23)7-10-8-26-15(21-10)12-2-1-5-27-12/h1-6,8H,7H2,(H,22,23). The zero-order valence-electron chi connectivity index (χ0n) is 13.7. The first-order valence-corrected chi connectivity index (χ1v) is 9.83. The van der Waals surface area contributed by atoms with E-state index in [1.807, 2.05) is 0 Å². The molecule has 0 saturated heterocycles. The van der Waals surface area contributed by atoms with Crippen LogP contribution >= 0.6 is 11.3 Å². The van der Waals surface area contributed by atoms with Gasteiger partial charge in [-0.05, 0) is 29.6 Å². The molecule has 12 heteroatoms. The monoisotopic (exact) mass is 434 g/mol. The van der Waals surface area contributed by atoms with E-state index in [1.165, 1.54) is 16.1 Å². The van der Waals surface area contributed by atoms with Crippen LogP contribution in [0.4, 0.5) is 17.6 Å². The molecule has 0 spiro atoms. The van der Waals surface area contributed by atoms with Crippen LogP contribution in [-0.2, 0) is 27.4 Å². The molecule has 3 rings (SSSR count). The first-order chi connectivity index (χ1) is 13.1. The predicted octanol–water partition coefficient (Wildman–Crippen LogP) is 3.61. The van der Waals surface area contributed by atoms with Gasteiger partial charge in [0.1, 0.15) is 12.1 Å². The maximum absolute atomic E-state index is 13.1. The van der Waals surface area contributed by atoms with Crippen molar-refractivity contribution in [3.05, 3.63) is 59.0 Å². The fourth-order valence-electron chi connectivity index (χ4n) is 2.27. The van der Waals surface area contributed by atoms with Gasteiger partial charge in [-0.15, -0.1) is 11.3 Å². The van der Waals surface area contributed by atoms with E-state index in [1.54, 1.807) is 17.5 Å². The second-order valence-electron chi connectivity index (χ2n) is 5.46. The molecule has 0 unspecified atom stereocenters. The lowest BCUT2D eigenvalue weighted by molar-refractivity contribution is -0.140. The Kier molecular flexibility index (Phi) is 5.26. The maximum atomic E-state index is 13.1. The Bertz CT molecular complexity index is 1110. The summed E-state index contributed by atoms with van der Waals surface area (Å²) in [6, 6.07) is 4.52. The molecule has 1 aromatic carbocycles. The van der Waals surface area contributed by atoms with Crippen molar-refractivity contribution in [1.29, 1.82) is 0 Å². The van der Waals surface area contributed by atoms with Crippen molar-refractivity contribution in [2.75, 3.05) is 0 Å². The fraction of sp³-hybridized carbons (Fsp3) is 0.125. The third-order valence-electron chi connectivity index (χ3n) is 3.41. The SMILES string of the molecule is O=C(Cc1coc(-c2cccs2)n1)NS(=O)(=O)c1ccc(F)cc1C(F)(F)F. The van der Waals surface area contributed by atoms with Crippen LogP contribution in [0.25, 0.3) is 10.8 Å². The number of hydrogen-bond acceptors (Lipinski definition) is 6. The minimum Gasteiger partial charge on any atom is -0.444 e. The number of sulfonamides is 1. The number of rotatable bonds is 5. The number of carbonyl (C=O) groups is 1. The molecule has 1 N–H and O–H groups in total. The highest BCUT2D eigenvalue weighted by molar-refractivity contribution is 7.90. The summed E-state index contributed by atoms with van der Waals surface area (Å²) >= 11 is 1.33. The van der Waals surface area contributed by atoms with Gasteiger partial charge >= 0.3 is 6.18 Å². The molecule has 0 aliphatic heterocycles. The second-order valence-corrected chi connectivity index (χ2v) is 8.06. The van der Waals surface area contributed by atoms with Gasteiger partial charge in [-0.3, -0.25) is 4.79 Å². The first kappa shape index (κ1) is 20.0. The number of aromatic nitrogens is 1. The number of benzene rings is 1. The van der Waals surface area contributed by atoms with E-state index in [4.69, 9.17) is 4.42 Å². The van der Waals surface area contributed by atoms with Gasteiger partial charge in [0.2, 0.25) is 11.8 Å². The fourth-order valence-corrected chi connectivity index (χ4v) is 4.11. The molecule has 0 radical (unpaired) electrons. The Morgan fingerprint density at radius 2 is 2.00 bits per heavy atom. The molecule has 1 amide bonds. The Hall–Kier alpha value is -2.73. The van der Waals surface area contributed by atoms with E-state index in [9.17, 15) is 30.8 Å². The summed E-state index contributed by atoms with van der Waals surface area (Å²) in [5.41, 5.74) is -1.62. The Morgan fingerprint density at radius 1 is 1.25 bits per heavy atom. The van der Waals surface area contributed by atoms with Crippen LogP contribution in [-0.4, -0.2) is 19.3 Å². The zero-order chi connectivity index (χ0) is 20.5. The van der Waals surface area contributed by atoms with Crippen molar-refractivity contribution >= 4 is 27.3 Å². The highest BCUT2D eigenvalue weighted by atomic mass is 32.2. The molecule has 0 bridgehead atoms. The highest BCUT2D eigenvalue weighted by Crippen LogP contribution is 2.34. The number of halogens is 4. The van der Waals surface area contributed by atoms with Crippen molar-refractivity contribution in [3.8, 4) is 10.8 Å². The number of alkyl halides is 3. The number of nitrogens with zero attached hydrogens (tertiary/aromatic N) is 1. The largest absolute Gasteiger partial charge is 0.444 e. The van der Waals surface area contributed by atoms with Crippen LogP contribution in [0.2, 0.25) is 0 Å². The molecule has 0 fully saturated rings. The van der Waals surface area contributed by atoms with Crippen LogP contribution < -0.4 is 4.72 Å². The minimum absolute atomic E-state index is 0.0456. The van der Waals surface area contributed by atoms with Gasteiger partial charge in [-0.1, -0.05) is 6.07 Å². The van der Waals surface area contributed by atoms with E-state index in [0.717, 1.165) is 6.26 Å². The van der Waals surface area contributed by atoms with Crippen LogP contribution in [0, 0.1) is 5.82 Å². The third kappa shape index (κ3) is 4.39. The number of hydrogen-bond donors (Lipinski definition) is 1. The summed E-state index contributed by atoms with van der Waals surface area (Å²) in [6.45, 7) is 0. The number of oxazole rings is 1. The van der Waals surface area contributed by atoms with Gasteiger partial charge in [0, 0.05) is 0 Å². The summed E-state index contributed by atoms with van der Waals surface area (Å²) in [5, 5.41) is 1.78. The summed E-state index contributed by atoms with van der Waals surface area (Å²) in [4.78, 5) is 15.4. The topological polar surface area (TPSA) is 89.3 Å². The molecule has 28 heavy (non-hydrogen) atoms. The Morgan fingerprint density at radius 3 is 2.64 bits per heavy atom. The molecular formula is C16H10F4N2O4S2. The van der Waals surface area contributed by atoms with E-state index >= 15 is 0 Å². The summed E-state index contributed by atoms with van der Waals surface area (Å²) in [5.74, 6) is -2.16. The van der Waals surface area contributed by atoms with E-state index in [2.05, 4.69) is 4.98 Å². The molecule has 2 aromatic heterocycles. The lowest BCUT2D eigenvalue weighted by Gasteiger charge is -2.13. The van der Waals surface area contributed by atoms with Crippen molar-refractivity contribution in [3.63, 3.8) is 0 Å². The second kappa shape index (κ2) is 7.36. The van der Waals surface area contributed by atoms with Crippen LogP contribution in [0.1, 0.15) is 11.3 Å².